The summed E-state index contributed by atoms with van der Waals surface area (Å²) in [5.74, 6) is 0. The number of aryl methyl sites for hydroxylation is 2. The molecular formula is C17H22N2. The number of benzene rings is 1. The predicted molar refractivity (Wildman–Crippen MR) is 80.1 cm³/mol. The van der Waals surface area contributed by atoms with Crippen LogP contribution in [0, 0.1) is 13.8 Å². The van der Waals surface area contributed by atoms with Crippen molar-refractivity contribution >= 4 is 0 Å². The molecule has 0 fully saturated rings. The molecule has 1 heterocycles. The first kappa shape index (κ1) is 13.8. The largest absolute Gasteiger partial charge is 0.302 e. The van der Waals surface area contributed by atoms with Gasteiger partial charge in [0.1, 0.15) is 0 Å². The molecule has 1 aromatic carbocycles. The summed E-state index contributed by atoms with van der Waals surface area (Å²) < 4.78 is 0. The van der Waals surface area contributed by atoms with Crippen LogP contribution in [0.2, 0.25) is 0 Å². The predicted octanol–water partition coefficient (Wildman–Crippen LogP) is 4.11. The Morgan fingerprint density at radius 2 is 1.63 bits per heavy atom. The fourth-order valence-electron chi connectivity index (χ4n) is 2.45. The number of nitrogens with one attached hydrogen (secondary N) is 1. The van der Waals surface area contributed by atoms with Gasteiger partial charge in [-0.05, 0) is 45.4 Å². The van der Waals surface area contributed by atoms with Crippen molar-refractivity contribution in [1.82, 2.24) is 10.3 Å². The van der Waals surface area contributed by atoms with Crippen LogP contribution < -0.4 is 5.32 Å². The van der Waals surface area contributed by atoms with E-state index in [9.17, 15) is 0 Å². The van der Waals surface area contributed by atoms with Gasteiger partial charge < -0.3 is 5.32 Å². The Morgan fingerprint density at radius 3 is 2.21 bits per heavy atom. The van der Waals surface area contributed by atoms with Gasteiger partial charge in [-0.3, -0.25) is 4.98 Å². The smallest absolute Gasteiger partial charge is 0.0570 e. The summed E-state index contributed by atoms with van der Waals surface area (Å²) in [6.45, 7) is 8.64. The Balaban J connectivity index is 2.10. The molecule has 0 spiro atoms. The lowest BCUT2D eigenvalue weighted by atomic mass is 10.0. The van der Waals surface area contributed by atoms with Gasteiger partial charge in [-0.1, -0.05) is 35.4 Å². The monoisotopic (exact) mass is 254 g/mol. The van der Waals surface area contributed by atoms with Crippen molar-refractivity contribution in [3.05, 3.63) is 65.0 Å². The van der Waals surface area contributed by atoms with Gasteiger partial charge in [0, 0.05) is 18.3 Å². The molecule has 0 aliphatic heterocycles. The summed E-state index contributed by atoms with van der Waals surface area (Å²) in [4.78, 5) is 4.40. The maximum absolute atomic E-state index is 4.40. The number of pyridine rings is 1. The van der Waals surface area contributed by atoms with Crippen molar-refractivity contribution in [3.63, 3.8) is 0 Å². The van der Waals surface area contributed by atoms with E-state index in [4.69, 9.17) is 0 Å². The molecule has 2 heteroatoms. The summed E-state index contributed by atoms with van der Waals surface area (Å²) in [5.41, 5.74) is 5.04. The third-order valence-electron chi connectivity index (χ3n) is 3.38. The molecule has 0 radical (unpaired) electrons. The van der Waals surface area contributed by atoms with Crippen LogP contribution in [-0.4, -0.2) is 4.98 Å². The number of nitrogens with zero attached hydrogens (tertiary/aromatic N) is 1. The standard InChI is InChI=1S/C17H22N2/c1-12-9-13(2)11-16(10-12)14(3)19-15(4)17-7-5-6-8-18-17/h5-11,14-15,19H,1-4H3. The Morgan fingerprint density at radius 1 is 0.947 bits per heavy atom. The molecule has 0 saturated carbocycles. The number of aromatic nitrogens is 1. The first-order chi connectivity index (χ1) is 9.06. The highest BCUT2D eigenvalue weighted by atomic mass is 15.0. The molecule has 1 aromatic heterocycles. The van der Waals surface area contributed by atoms with Gasteiger partial charge in [-0.15, -0.1) is 0 Å². The third kappa shape index (κ3) is 3.65. The highest BCUT2D eigenvalue weighted by molar-refractivity contribution is 5.30. The van der Waals surface area contributed by atoms with Crippen molar-refractivity contribution in [1.29, 1.82) is 0 Å². The molecule has 2 unspecified atom stereocenters. The minimum atomic E-state index is 0.247. The lowest BCUT2D eigenvalue weighted by Gasteiger charge is -2.20. The Hall–Kier alpha value is -1.67. The third-order valence-corrected chi connectivity index (χ3v) is 3.38. The zero-order valence-electron chi connectivity index (χ0n) is 12.1. The minimum Gasteiger partial charge on any atom is -0.302 e. The van der Waals surface area contributed by atoms with E-state index in [1.165, 1.54) is 16.7 Å². The van der Waals surface area contributed by atoms with E-state index in [1.807, 2.05) is 18.3 Å². The number of hydrogen-bond donors (Lipinski definition) is 1. The number of rotatable bonds is 4. The van der Waals surface area contributed by atoms with Crippen LogP contribution in [0.15, 0.2) is 42.6 Å². The molecule has 1 N–H and O–H groups in total. The van der Waals surface area contributed by atoms with E-state index in [-0.39, 0.29) is 6.04 Å². The van der Waals surface area contributed by atoms with Crippen molar-refractivity contribution in [3.8, 4) is 0 Å². The van der Waals surface area contributed by atoms with Crippen molar-refractivity contribution in [2.45, 2.75) is 39.8 Å². The van der Waals surface area contributed by atoms with Crippen LogP contribution in [0.1, 0.15) is 48.3 Å². The molecule has 100 valence electrons. The molecule has 2 atom stereocenters. The Bertz CT molecular complexity index is 514. The van der Waals surface area contributed by atoms with Gasteiger partial charge in [0.15, 0.2) is 0 Å². The molecular weight excluding hydrogens is 232 g/mol. The second-order valence-corrected chi connectivity index (χ2v) is 5.29. The second kappa shape index (κ2) is 5.98. The molecule has 0 saturated heterocycles. The van der Waals surface area contributed by atoms with Gasteiger partial charge in [-0.2, -0.15) is 0 Å². The van der Waals surface area contributed by atoms with Gasteiger partial charge in [-0.25, -0.2) is 0 Å². The minimum absolute atomic E-state index is 0.247. The first-order valence-corrected chi connectivity index (χ1v) is 6.81. The average molecular weight is 254 g/mol. The summed E-state index contributed by atoms with van der Waals surface area (Å²) in [6.07, 6.45) is 1.84. The second-order valence-electron chi connectivity index (χ2n) is 5.29. The van der Waals surface area contributed by atoms with Crippen LogP contribution in [0.3, 0.4) is 0 Å². The molecule has 0 aliphatic rings. The zero-order valence-corrected chi connectivity index (χ0v) is 12.1. The average Bonchev–Trinajstić information content (AvgIpc) is 2.38. The first-order valence-electron chi connectivity index (χ1n) is 6.81. The SMILES string of the molecule is Cc1cc(C)cc(C(C)NC(C)c2ccccn2)c1. The molecule has 2 aromatic rings. The maximum Gasteiger partial charge on any atom is 0.0570 e. The number of hydrogen-bond acceptors (Lipinski definition) is 2. The van der Waals surface area contributed by atoms with E-state index in [0.29, 0.717) is 6.04 Å². The summed E-state index contributed by atoms with van der Waals surface area (Å²) in [5, 5.41) is 3.60. The van der Waals surface area contributed by atoms with E-state index < -0.39 is 0 Å². The molecule has 0 bridgehead atoms. The molecule has 0 amide bonds. The van der Waals surface area contributed by atoms with Crippen molar-refractivity contribution in [2.24, 2.45) is 0 Å². The molecule has 2 rings (SSSR count). The lowest BCUT2D eigenvalue weighted by molar-refractivity contribution is 0.486. The Kier molecular flexibility index (Phi) is 4.33. The van der Waals surface area contributed by atoms with Crippen LogP contribution in [0.25, 0.3) is 0 Å². The fraction of sp³-hybridized carbons (Fsp3) is 0.353. The van der Waals surface area contributed by atoms with E-state index in [1.54, 1.807) is 0 Å². The Labute approximate surface area is 115 Å². The van der Waals surface area contributed by atoms with Gasteiger partial charge in [0.2, 0.25) is 0 Å². The van der Waals surface area contributed by atoms with Crippen LogP contribution >= 0.6 is 0 Å². The van der Waals surface area contributed by atoms with E-state index >= 15 is 0 Å². The highest BCUT2D eigenvalue weighted by Gasteiger charge is 2.12. The van der Waals surface area contributed by atoms with Crippen molar-refractivity contribution < 1.29 is 0 Å². The molecule has 0 aliphatic carbocycles. The summed E-state index contributed by atoms with van der Waals surface area (Å²) in [7, 11) is 0. The summed E-state index contributed by atoms with van der Waals surface area (Å²) >= 11 is 0. The van der Waals surface area contributed by atoms with E-state index in [2.05, 4.69) is 62.3 Å². The van der Waals surface area contributed by atoms with Gasteiger partial charge >= 0.3 is 0 Å². The van der Waals surface area contributed by atoms with Gasteiger partial charge in [0.25, 0.3) is 0 Å². The van der Waals surface area contributed by atoms with Crippen LogP contribution in [0.5, 0.6) is 0 Å². The topological polar surface area (TPSA) is 24.9 Å². The van der Waals surface area contributed by atoms with Crippen molar-refractivity contribution in [2.75, 3.05) is 0 Å². The molecule has 2 nitrogen and oxygen atoms in total. The van der Waals surface area contributed by atoms with Crippen LogP contribution in [0.4, 0.5) is 0 Å². The quantitative estimate of drug-likeness (QED) is 0.888. The summed E-state index contributed by atoms with van der Waals surface area (Å²) in [6, 6.07) is 13.3. The van der Waals surface area contributed by atoms with E-state index in [0.717, 1.165) is 5.69 Å². The van der Waals surface area contributed by atoms with Gasteiger partial charge in [0.05, 0.1) is 5.69 Å². The molecule has 19 heavy (non-hydrogen) atoms. The highest BCUT2D eigenvalue weighted by Crippen LogP contribution is 2.20. The fourth-order valence-corrected chi connectivity index (χ4v) is 2.45. The van der Waals surface area contributed by atoms with Crippen LogP contribution in [-0.2, 0) is 0 Å². The lowest BCUT2D eigenvalue weighted by Crippen LogP contribution is -2.23. The maximum atomic E-state index is 4.40. The normalized spacial score (nSPS) is 14.1. The zero-order chi connectivity index (χ0) is 13.8.